The number of rotatable bonds is 5. The Balaban J connectivity index is 2.48. The standard InChI is InChI=1S/C21H27ClN2O3/c1-12(15-7-6-14(22)11-17(15)23)24-18-10-13(5-8-19(25)26)9-16(20(18)27)21(2,3)4/h7,9-11,17,27H,5-6,8,23H2,1-4H3,(H,25,26). The number of phenols is 1. The van der Waals surface area contributed by atoms with E-state index in [-0.39, 0.29) is 23.6 Å². The van der Waals surface area contributed by atoms with Gasteiger partial charge in [-0.15, -0.1) is 0 Å². The van der Waals surface area contributed by atoms with E-state index in [2.05, 4.69) is 4.99 Å². The lowest BCUT2D eigenvalue weighted by atomic mass is 9.84. The second-order valence-corrected chi connectivity index (χ2v) is 8.34. The van der Waals surface area contributed by atoms with Crippen LogP contribution in [0.4, 0.5) is 5.69 Å². The van der Waals surface area contributed by atoms with Crippen LogP contribution in [-0.2, 0) is 16.6 Å². The lowest BCUT2D eigenvalue weighted by molar-refractivity contribution is -0.136. The first-order chi connectivity index (χ1) is 12.5. The Morgan fingerprint density at radius 3 is 2.59 bits per heavy atom. The summed E-state index contributed by atoms with van der Waals surface area (Å²) in [6.07, 6.45) is 4.74. The quantitative estimate of drug-likeness (QED) is 0.641. The number of aliphatic carboxylic acids is 1. The average Bonchev–Trinajstić information content (AvgIpc) is 2.53. The minimum Gasteiger partial charge on any atom is -0.505 e. The van der Waals surface area contributed by atoms with Gasteiger partial charge in [0.15, 0.2) is 0 Å². The molecule has 0 saturated heterocycles. The Kier molecular flexibility index (Phi) is 6.50. The van der Waals surface area contributed by atoms with Crippen LogP contribution in [0.2, 0.25) is 0 Å². The second kappa shape index (κ2) is 8.28. The van der Waals surface area contributed by atoms with Crippen LogP contribution in [0.3, 0.4) is 0 Å². The van der Waals surface area contributed by atoms with Crippen LogP contribution in [0.1, 0.15) is 51.7 Å². The lowest BCUT2D eigenvalue weighted by Gasteiger charge is -2.23. The van der Waals surface area contributed by atoms with Crippen molar-refractivity contribution in [1.82, 2.24) is 0 Å². The van der Waals surface area contributed by atoms with E-state index < -0.39 is 5.97 Å². The van der Waals surface area contributed by atoms with Gasteiger partial charge in [-0.2, -0.15) is 0 Å². The number of aryl methyl sites for hydroxylation is 1. The third kappa shape index (κ3) is 5.44. The fraction of sp³-hybridized carbons (Fsp3) is 0.429. The Morgan fingerprint density at radius 2 is 2.04 bits per heavy atom. The molecule has 0 saturated carbocycles. The number of benzene rings is 1. The van der Waals surface area contributed by atoms with Gasteiger partial charge in [0, 0.05) is 29.1 Å². The number of hydrogen-bond donors (Lipinski definition) is 3. The minimum atomic E-state index is -0.858. The number of halogens is 1. The number of allylic oxidation sites excluding steroid dienone is 2. The monoisotopic (exact) mass is 390 g/mol. The van der Waals surface area contributed by atoms with Crippen LogP contribution < -0.4 is 5.73 Å². The van der Waals surface area contributed by atoms with Gasteiger partial charge in [0.2, 0.25) is 0 Å². The molecule has 1 aliphatic carbocycles. The average molecular weight is 391 g/mol. The largest absolute Gasteiger partial charge is 0.505 e. The van der Waals surface area contributed by atoms with E-state index in [0.29, 0.717) is 29.3 Å². The zero-order chi connectivity index (χ0) is 20.4. The molecule has 0 bridgehead atoms. The van der Waals surface area contributed by atoms with Crippen LogP contribution in [0.25, 0.3) is 0 Å². The minimum absolute atomic E-state index is 0.0236. The molecule has 0 amide bonds. The zero-order valence-electron chi connectivity index (χ0n) is 16.2. The molecule has 0 aliphatic heterocycles. The number of nitrogens with two attached hydrogens (primary N) is 1. The number of aromatic hydroxyl groups is 1. The molecule has 0 fully saturated rings. The molecule has 4 N–H and O–H groups in total. The van der Waals surface area contributed by atoms with Crippen molar-refractivity contribution in [3.05, 3.63) is 46.0 Å². The molecule has 1 atom stereocenters. The maximum absolute atomic E-state index is 10.9. The van der Waals surface area contributed by atoms with Gasteiger partial charge in [0.25, 0.3) is 0 Å². The van der Waals surface area contributed by atoms with Gasteiger partial charge in [-0.3, -0.25) is 4.79 Å². The van der Waals surface area contributed by atoms with E-state index in [1.54, 1.807) is 12.1 Å². The van der Waals surface area contributed by atoms with Gasteiger partial charge in [-0.1, -0.05) is 44.5 Å². The van der Waals surface area contributed by atoms with E-state index in [0.717, 1.165) is 16.7 Å². The van der Waals surface area contributed by atoms with Gasteiger partial charge in [0.1, 0.15) is 11.4 Å². The molecule has 0 aromatic heterocycles. The predicted molar refractivity (Wildman–Crippen MR) is 110 cm³/mol. The van der Waals surface area contributed by atoms with Crippen molar-refractivity contribution in [2.75, 3.05) is 0 Å². The number of carboxylic acid groups (broad SMARTS) is 1. The number of carboxylic acids is 1. The molecule has 6 heteroatoms. The van der Waals surface area contributed by atoms with Crippen molar-refractivity contribution >= 4 is 29.0 Å². The predicted octanol–water partition coefficient (Wildman–Crippen LogP) is 4.58. The smallest absolute Gasteiger partial charge is 0.303 e. The number of aliphatic imine (C=N–C) groups is 1. The van der Waals surface area contributed by atoms with Gasteiger partial charge in [-0.25, -0.2) is 4.99 Å². The van der Waals surface area contributed by atoms with Crippen LogP contribution in [0.5, 0.6) is 5.75 Å². The zero-order valence-corrected chi connectivity index (χ0v) is 17.0. The highest BCUT2D eigenvalue weighted by molar-refractivity contribution is 6.30. The summed E-state index contributed by atoms with van der Waals surface area (Å²) < 4.78 is 0. The van der Waals surface area contributed by atoms with Gasteiger partial charge < -0.3 is 15.9 Å². The summed E-state index contributed by atoms with van der Waals surface area (Å²) in [5, 5.41) is 20.5. The van der Waals surface area contributed by atoms with Crippen molar-refractivity contribution in [2.45, 2.75) is 58.4 Å². The summed E-state index contributed by atoms with van der Waals surface area (Å²) in [5.74, 6) is -0.747. The van der Waals surface area contributed by atoms with E-state index in [9.17, 15) is 9.90 Å². The highest BCUT2D eigenvalue weighted by atomic mass is 35.5. The molecule has 0 radical (unpaired) electrons. The van der Waals surface area contributed by atoms with E-state index in [1.807, 2.05) is 39.8 Å². The van der Waals surface area contributed by atoms with Crippen LogP contribution in [-0.4, -0.2) is 27.9 Å². The Morgan fingerprint density at radius 1 is 1.37 bits per heavy atom. The van der Waals surface area contributed by atoms with Crippen molar-refractivity contribution in [2.24, 2.45) is 10.7 Å². The second-order valence-electron chi connectivity index (χ2n) is 7.85. The van der Waals surface area contributed by atoms with E-state index in [4.69, 9.17) is 22.4 Å². The highest BCUT2D eigenvalue weighted by Crippen LogP contribution is 2.39. The maximum Gasteiger partial charge on any atom is 0.303 e. The Bertz CT molecular complexity index is 833. The summed E-state index contributed by atoms with van der Waals surface area (Å²) in [7, 11) is 0. The number of nitrogens with zero attached hydrogens (tertiary/aromatic N) is 1. The topological polar surface area (TPSA) is 95.9 Å². The summed E-state index contributed by atoms with van der Waals surface area (Å²) in [6.45, 7) is 7.83. The first-order valence-corrected chi connectivity index (χ1v) is 9.32. The first-order valence-electron chi connectivity index (χ1n) is 8.94. The third-order valence-corrected chi connectivity index (χ3v) is 4.81. The molecule has 146 valence electrons. The van der Waals surface area contributed by atoms with Crippen LogP contribution in [0, 0.1) is 0 Å². The highest BCUT2D eigenvalue weighted by Gasteiger charge is 2.22. The molecule has 1 aromatic rings. The van der Waals surface area contributed by atoms with Crippen LogP contribution >= 0.6 is 11.6 Å². The molecular weight excluding hydrogens is 364 g/mol. The normalized spacial score (nSPS) is 18.1. The molecule has 1 aliphatic rings. The number of phenolic OH excluding ortho intramolecular Hbond substituents is 1. The lowest BCUT2D eigenvalue weighted by Crippen LogP contribution is -2.26. The molecule has 27 heavy (non-hydrogen) atoms. The third-order valence-electron chi connectivity index (χ3n) is 4.53. The molecule has 1 unspecified atom stereocenters. The number of carbonyl (C=O) groups is 1. The summed E-state index contributed by atoms with van der Waals surface area (Å²) in [4.78, 5) is 15.6. The molecular formula is C21H27ClN2O3. The van der Waals surface area contributed by atoms with Crippen molar-refractivity contribution in [1.29, 1.82) is 0 Å². The van der Waals surface area contributed by atoms with E-state index >= 15 is 0 Å². The van der Waals surface area contributed by atoms with Gasteiger partial charge in [0.05, 0.1) is 6.04 Å². The summed E-state index contributed by atoms with van der Waals surface area (Å²) >= 11 is 6.03. The first kappa shape index (κ1) is 21.2. The fourth-order valence-electron chi connectivity index (χ4n) is 3.06. The van der Waals surface area contributed by atoms with Gasteiger partial charge >= 0.3 is 5.97 Å². The van der Waals surface area contributed by atoms with E-state index in [1.165, 1.54) is 0 Å². The van der Waals surface area contributed by atoms with Crippen molar-refractivity contribution < 1.29 is 15.0 Å². The van der Waals surface area contributed by atoms with Crippen LogP contribution in [0.15, 0.2) is 39.9 Å². The molecule has 2 rings (SSSR count). The summed E-state index contributed by atoms with van der Waals surface area (Å²) in [5.41, 5.74) is 9.39. The maximum atomic E-state index is 10.9. The Labute approximate surface area is 165 Å². The fourth-order valence-corrected chi connectivity index (χ4v) is 3.27. The van der Waals surface area contributed by atoms with Crippen molar-refractivity contribution in [3.63, 3.8) is 0 Å². The molecule has 5 nitrogen and oxygen atoms in total. The SMILES string of the molecule is CC(=Nc1cc(CCC(=O)O)cc(C(C)(C)C)c1O)C1=CCC(Cl)=CC1N. The van der Waals surface area contributed by atoms with Gasteiger partial charge in [-0.05, 0) is 42.0 Å². The molecule has 0 spiro atoms. The number of hydrogen-bond acceptors (Lipinski definition) is 4. The molecule has 1 aromatic carbocycles. The summed E-state index contributed by atoms with van der Waals surface area (Å²) in [6, 6.07) is 3.27. The van der Waals surface area contributed by atoms with Crippen molar-refractivity contribution in [3.8, 4) is 5.75 Å². The Hall–Kier alpha value is -2.11. The molecule has 0 heterocycles.